The van der Waals surface area contributed by atoms with Gasteiger partial charge < -0.3 is 9.16 Å². The van der Waals surface area contributed by atoms with Gasteiger partial charge in [0.25, 0.3) is 0 Å². The number of hydrogen-bond donors (Lipinski definition) is 0. The summed E-state index contributed by atoms with van der Waals surface area (Å²) in [6, 6.07) is 12.3. The molecule has 0 N–H and O–H groups in total. The molecule has 0 aliphatic carbocycles. The van der Waals surface area contributed by atoms with Crippen molar-refractivity contribution in [1.82, 2.24) is 0 Å². The topological polar surface area (TPSA) is 42.2 Å². The Morgan fingerprint density at radius 2 is 1.71 bits per heavy atom. The molecule has 0 spiro atoms. The molecule has 0 saturated carbocycles. The Morgan fingerprint density at radius 3 is 2.14 bits per heavy atom. The number of benzene rings is 1. The number of nitrogens with zero attached hydrogens (tertiary/aromatic N) is 1. The summed E-state index contributed by atoms with van der Waals surface area (Å²) in [5, 5.41) is 9.49. The molecule has 0 amide bonds. The average Bonchev–Trinajstić information content (AvgIpc) is 2.36. The Bertz CT molecular complexity index is 468. The van der Waals surface area contributed by atoms with Gasteiger partial charge in [-0.05, 0) is 30.6 Å². The van der Waals surface area contributed by atoms with Crippen LogP contribution >= 0.6 is 0 Å². The van der Waals surface area contributed by atoms with Crippen LogP contribution in [0.1, 0.15) is 26.3 Å². The zero-order valence-corrected chi connectivity index (χ0v) is 15.0. The fraction of sp³-hybridized carbons (Fsp3) is 0.588. The molecule has 4 heteroatoms. The summed E-state index contributed by atoms with van der Waals surface area (Å²) >= 11 is 0. The third kappa shape index (κ3) is 6.43. The van der Waals surface area contributed by atoms with Gasteiger partial charge in [0.2, 0.25) is 0 Å². The van der Waals surface area contributed by atoms with Crippen LogP contribution in [0.3, 0.4) is 0 Å². The van der Waals surface area contributed by atoms with Gasteiger partial charge in [0.15, 0.2) is 14.4 Å². The predicted octanol–water partition coefficient (Wildman–Crippen LogP) is 4.36. The van der Waals surface area contributed by atoms with Gasteiger partial charge >= 0.3 is 0 Å². The smallest absolute Gasteiger partial charge is 0.185 e. The SMILES string of the molecule is CC(C)(C)[C@@H](OCc1ccccc1)[C@@H](C#N)O[Si](C)(C)C. The molecule has 0 heterocycles. The molecule has 0 unspecified atom stereocenters. The van der Waals surface area contributed by atoms with Gasteiger partial charge in [0, 0.05) is 0 Å². The summed E-state index contributed by atoms with van der Waals surface area (Å²) in [6.45, 7) is 13.0. The summed E-state index contributed by atoms with van der Waals surface area (Å²) in [4.78, 5) is 0. The maximum absolute atomic E-state index is 9.49. The van der Waals surface area contributed by atoms with Crippen LogP contribution in [0, 0.1) is 16.7 Å². The van der Waals surface area contributed by atoms with Crippen LogP contribution in [0.25, 0.3) is 0 Å². The van der Waals surface area contributed by atoms with E-state index in [1.807, 2.05) is 30.3 Å². The molecule has 0 saturated heterocycles. The third-order valence-corrected chi connectivity index (χ3v) is 3.97. The number of hydrogen-bond acceptors (Lipinski definition) is 3. The van der Waals surface area contributed by atoms with E-state index in [1.54, 1.807) is 0 Å². The fourth-order valence-electron chi connectivity index (χ4n) is 2.09. The largest absolute Gasteiger partial charge is 0.400 e. The Morgan fingerprint density at radius 1 is 1.14 bits per heavy atom. The lowest BCUT2D eigenvalue weighted by atomic mass is 9.86. The van der Waals surface area contributed by atoms with Crippen molar-refractivity contribution in [2.45, 2.75) is 59.2 Å². The Kier molecular flexibility index (Phi) is 6.15. The van der Waals surface area contributed by atoms with E-state index in [-0.39, 0.29) is 11.5 Å². The Hall–Kier alpha value is -1.15. The molecule has 0 bridgehead atoms. The zero-order chi connectivity index (χ0) is 16.1. The van der Waals surface area contributed by atoms with Crippen molar-refractivity contribution in [2.75, 3.05) is 0 Å². The molecule has 0 aliphatic rings. The van der Waals surface area contributed by atoms with Crippen molar-refractivity contribution in [3.63, 3.8) is 0 Å². The third-order valence-electron chi connectivity index (χ3n) is 3.01. The van der Waals surface area contributed by atoms with Crippen LogP contribution in [0.5, 0.6) is 0 Å². The Balaban J connectivity index is 2.83. The van der Waals surface area contributed by atoms with E-state index in [0.29, 0.717) is 6.61 Å². The molecule has 1 aromatic carbocycles. The lowest BCUT2D eigenvalue weighted by molar-refractivity contribution is -0.0756. The molecule has 21 heavy (non-hydrogen) atoms. The first kappa shape index (κ1) is 17.9. The first-order valence-electron chi connectivity index (χ1n) is 7.36. The van der Waals surface area contributed by atoms with Gasteiger partial charge in [-0.1, -0.05) is 51.1 Å². The minimum atomic E-state index is -1.79. The van der Waals surface area contributed by atoms with Crippen LogP contribution in [0.4, 0.5) is 0 Å². The van der Waals surface area contributed by atoms with E-state index in [9.17, 15) is 5.26 Å². The number of nitriles is 1. The quantitative estimate of drug-likeness (QED) is 0.733. The highest BCUT2D eigenvalue weighted by molar-refractivity contribution is 6.69. The molecule has 1 rings (SSSR count). The minimum absolute atomic E-state index is 0.158. The van der Waals surface area contributed by atoms with E-state index in [2.05, 4.69) is 46.5 Å². The summed E-state index contributed by atoms with van der Waals surface area (Å²) in [5.74, 6) is 0. The first-order chi connectivity index (χ1) is 9.63. The van der Waals surface area contributed by atoms with Crippen molar-refractivity contribution < 1.29 is 9.16 Å². The highest BCUT2D eigenvalue weighted by Gasteiger charge is 2.36. The van der Waals surface area contributed by atoms with Crippen molar-refractivity contribution in [1.29, 1.82) is 5.26 Å². The molecule has 0 fully saturated rings. The molecule has 0 aromatic heterocycles. The second kappa shape index (κ2) is 7.21. The minimum Gasteiger partial charge on any atom is -0.400 e. The van der Waals surface area contributed by atoms with Gasteiger partial charge in [-0.25, -0.2) is 0 Å². The molecule has 3 nitrogen and oxygen atoms in total. The molecule has 0 aliphatic heterocycles. The summed E-state index contributed by atoms with van der Waals surface area (Å²) in [5.41, 5.74) is 0.950. The van der Waals surface area contributed by atoms with Crippen LogP contribution in [-0.2, 0) is 15.8 Å². The van der Waals surface area contributed by atoms with E-state index in [0.717, 1.165) is 5.56 Å². The summed E-state index contributed by atoms with van der Waals surface area (Å²) in [7, 11) is -1.79. The summed E-state index contributed by atoms with van der Waals surface area (Å²) in [6.07, 6.45) is -0.783. The highest BCUT2D eigenvalue weighted by Crippen LogP contribution is 2.29. The van der Waals surface area contributed by atoms with Crippen molar-refractivity contribution >= 4 is 8.32 Å². The predicted molar refractivity (Wildman–Crippen MR) is 88.3 cm³/mol. The van der Waals surface area contributed by atoms with E-state index in [1.165, 1.54) is 0 Å². The molecule has 116 valence electrons. The van der Waals surface area contributed by atoms with Gasteiger partial charge in [0.1, 0.15) is 6.10 Å². The van der Waals surface area contributed by atoms with Crippen molar-refractivity contribution in [3.8, 4) is 6.07 Å². The number of ether oxygens (including phenoxy) is 1. The van der Waals surface area contributed by atoms with Gasteiger partial charge in [-0.3, -0.25) is 0 Å². The summed E-state index contributed by atoms with van der Waals surface area (Å²) < 4.78 is 12.1. The van der Waals surface area contributed by atoms with Gasteiger partial charge in [-0.2, -0.15) is 5.26 Å². The van der Waals surface area contributed by atoms with Crippen LogP contribution in [0.2, 0.25) is 19.6 Å². The van der Waals surface area contributed by atoms with E-state index >= 15 is 0 Å². The zero-order valence-electron chi connectivity index (χ0n) is 14.0. The Labute approximate surface area is 130 Å². The maximum atomic E-state index is 9.49. The fourth-order valence-corrected chi connectivity index (χ4v) is 3.03. The average molecular weight is 305 g/mol. The van der Waals surface area contributed by atoms with E-state index in [4.69, 9.17) is 9.16 Å². The van der Waals surface area contributed by atoms with Gasteiger partial charge in [-0.15, -0.1) is 0 Å². The second-order valence-electron chi connectivity index (χ2n) is 7.36. The highest BCUT2D eigenvalue weighted by atomic mass is 28.4. The normalized spacial score (nSPS) is 15.3. The lowest BCUT2D eigenvalue weighted by Gasteiger charge is -2.36. The monoisotopic (exact) mass is 305 g/mol. The molecule has 0 radical (unpaired) electrons. The van der Waals surface area contributed by atoms with Crippen molar-refractivity contribution in [3.05, 3.63) is 35.9 Å². The lowest BCUT2D eigenvalue weighted by Crippen LogP contribution is -2.45. The standard InChI is InChI=1S/C17H27NO2Si/c1-17(2,3)16(15(12-18)20-21(4,5)6)19-13-14-10-8-7-9-11-14/h7-11,15-16H,13H2,1-6H3/t15-,16+/m1/s1. The molecule has 1 aromatic rings. The molecular formula is C17H27NO2Si. The number of rotatable bonds is 6. The van der Waals surface area contributed by atoms with E-state index < -0.39 is 14.4 Å². The van der Waals surface area contributed by atoms with Crippen molar-refractivity contribution in [2.24, 2.45) is 5.41 Å². The molecular weight excluding hydrogens is 278 g/mol. The van der Waals surface area contributed by atoms with Gasteiger partial charge in [0.05, 0.1) is 12.7 Å². The first-order valence-corrected chi connectivity index (χ1v) is 10.8. The molecule has 2 atom stereocenters. The van der Waals surface area contributed by atoms with Crippen LogP contribution in [0.15, 0.2) is 30.3 Å². The van der Waals surface area contributed by atoms with Crippen LogP contribution < -0.4 is 0 Å². The van der Waals surface area contributed by atoms with Crippen LogP contribution in [-0.4, -0.2) is 20.5 Å². The second-order valence-corrected chi connectivity index (χ2v) is 11.8. The maximum Gasteiger partial charge on any atom is 0.185 e.